The molecule has 0 aliphatic rings. The quantitative estimate of drug-likeness (QED) is 0.578. The second kappa shape index (κ2) is 9.68. The largest absolute Gasteiger partial charge is 0.444 e. The summed E-state index contributed by atoms with van der Waals surface area (Å²) in [5.41, 5.74) is 15.1. The summed E-state index contributed by atoms with van der Waals surface area (Å²) in [4.78, 5) is 24.9. The minimum Gasteiger partial charge on any atom is -0.444 e. The van der Waals surface area contributed by atoms with Crippen LogP contribution in [0.1, 0.15) is 47.5 Å². The molecule has 1 unspecified atom stereocenters. The van der Waals surface area contributed by atoms with E-state index >= 15 is 0 Å². The zero-order chi connectivity index (χ0) is 19.0. The summed E-state index contributed by atoms with van der Waals surface area (Å²) in [5.74, 6) is -0.0438. The van der Waals surface area contributed by atoms with Gasteiger partial charge < -0.3 is 31.6 Å². The van der Waals surface area contributed by atoms with Crippen molar-refractivity contribution in [2.45, 2.75) is 58.7 Å². The highest BCUT2D eigenvalue weighted by atomic mass is 16.6. The Morgan fingerprint density at radius 2 is 1.54 bits per heavy atom. The minimum absolute atomic E-state index is 0.0438. The molecule has 0 fully saturated rings. The van der Waals surface area contributed by atoms with E-state index in [1.807, 2.05) is 20.8 Å². The molecule has 0 aliphatic carbocycles. The SMILES string of the molecule is CC(C)(C)OC(=O)N(CCN)CCC(CCN)C(C)(C)OC(N)=O. The van der Waals surface area contributed by atoms with Crippen LogP contribution in [-0.4, -0.2) is 54.5 Å². The Morgan fingerprint density at radius 1 is 0.958 bits per heavy atom. The average molecular weight is 346 g/mol. The average Bonchev–Trinajstić information content (AvgIpc) is 2.38. The Morgan fingerprint density at radius 3 is 1.96 bits per heavy atom. The lowest BCUT2D eigenvalue weighted by Gasteiger charge is -2.35. The zero-order valence-corrected chi connectivity index (χ0v) is 15.6. The van der Waals surface area contributed by atoms with Crippen LogP contribution in [-0.2, 0) is 9.47 Å². The van der Waals surface area contributed by atoms with Crippen LogP contribution >= 0.6 is 0 Å². The fourth-order valence-electron chi connectivity index (χ4n) is 2.47. The molecule has 0 aromatic rings. The van der Waals surface area contributed by atoms with Gasteiger partial charge >= 0.3 is 12.2 Å². The van der Waals surface area contributed by atoms with Crippen molar-refractivity contribution in [1.82, 2.24) is 4.90 Å². The van der Waals surface area contributed by atoms with Crippen molar-refractivity contribution in [3.05, 3.63) is 0 Å². The van der Waals surface area contributed by atoms with Gasteiger partial charge in [-0.15, -0.1) is 0 Å². The Hall–Kier alpha value is -1.54. The number of primary amides is 1. The third kappa shape index (κ3) is 8.93. The van der Waals surface area contributed by atoms with Gasteiger partial charge in [-0.3, -0.25) is 0 Å². The van der Waals surface area contributed by atoms with Gasteiger partial charge in [0.2, 0.25) is 0 Å². The molecule has 24 heavy (non-hydrogen) atoms. The predicted molar refractivity (Wildman–Crippen MR) is 93.4 cm³/mol. The maximum atomic E-state index is 12.3. The normalized spacial score (nSPS) is 13.3. The Kier molecular flexibility index (Phi) is 9.06. The van der Waals surface area contributed by atoms with E-state index in [9.17, 15) is 9.59 Å². The van der Waals surface area contributed by atoms with Crippen LogP contribution in [0.2, 0.25) is 0 Å². The van der Waals surface area contributed by atoms with E-state index in [1.54, 1.807) is 18.7 Å². The number of amides is 2. The topological polar surface area (TPSA) is 134 Å². The van der Waals surface area contributed by atoms with E-state index in [0.717, 1.165) is 0 Å². The van der Waals surface area contributed by atoms with Crippen LogP contribution in [0.25, 0.3) is 0 Å². The summed E-state index contributed by atoms with van der Waals surface area (Å²) in [7, 11) is 0. The summed E-state index contributed by atoms with van der Waals surface area (Å²) in [6.45, 7) is 10.6. The molecule has 0 spiro atoms. The standard InChI is InChI=1S/C16H34N4O4/c1-15(2,3)24-14(22)20(11-9-18)10-7-12(6-8-17)16(4,5)23-13(19)21/h12H,6-11,17-18H2,1-5H3,(H2,19,21). The van der Waals surface area contributed by atoms with Crippen LogP contribution in [0.5, 0.6) is 0 Å². The van der Waals surface area contributed by atoms with Gasteiger partial charge in [0.05, 0.1) is 0 Å². The van der Waals surface area contributed by atoms with Crippen LogP contribution in [0.4, 0.5) is 9.59 Å². The van der Waals surface area contributed by atoms with Crippen LogP contribution in [0.3, 0.4) is 0 Å². The molecule has 0 radical (unpaired) electrons. The number of nitrogens with zero attached hydrogens (tertiary/aromatic N) is 1. The van der Waals surface area contributed by atoms with Crippen molar-refractivity contribution >= 4 is 12.2 Å². The van der Waals surface area contributed by atoms with Gasteiger partial charge in [-0.25, -0.2) is 9.59 Å². The highest BCUT2D eigenvalue weighted by Gasteiger charge is 2.33. The number of carbonyl (C=O) groups excluding carboxylic acids is 2. The molecule has 142 valence electrons. The van der Waals surface area contributed by atoms with Gasteiger partial charge in [0.1, 0.15) is 11.2 Å². The van der Waals surface area contributed by atoms with Gasteiger partial charge in [0, 0.05) is 25.6 Å². The first-order valence-electron chi connectivity index (χ1n) is 8.29. The Labute approximate surface area is 145 Å². The number of ether oxygens (including phenoxy) is 2. The van der Waals surface area contributed by atoms with Crippen molar-refractivity contribution in [1.29, 1.82) is 0 Å². The van der Waals surface area contributed by atoms with Crippen LogP contribution in [0, 0.1) is 5.92 Å². The first-order chi connectivity index (χ1) is 10.9. The molecular weight excluding hydrogens is 312 g/mol. The first kappa shape index (κ1) is 22.5. The molecule has 0 aliphatic heterocycles. The number of rotatable bonds is 9. The lowest BCUT2D eigenvalue weighted by molar-refractivity contribution is -0.0129. The van der Waals surface area contributed by atoms with E-state index in [0.29, 0.717) is 39.0 Å². The summed E-state index contributed by atoms with van der Waals surface area (Å²) < 4.78 is 10.6. The van der Waals surface area contributed by atoms with Crippen molar-refractivity contribution in [2.24, 2.45) is 23.1 Å². The third-order valence-electron chi connectivity index (χ3n) is 3.66. The predicted octanol–water partition coefficient (Wildman–Crippen LogP) is 1.41. The van der Waals surface area contributed by atoms with Crippen molar-refractivity contribution in [3.63, 3.8) is 0 Å². The lowest BCUT2D eigenvalue weighted by atomic mass is 9.85. The number of carbonyl (C=O) groups is 2. The summed E-state index contributed by atoms with van der Waals surface area (Å²) in [6, 6.07) is 0. The number of hydrogen-bond acceptors (Lipinski definition) is 6. The highest BCUT2D eigenvalue weighted by Crippen LogP contribution is 2.27. The second-order valence-electron chi connectivity index (χ2n) is 7.34. The molecule has 0 rings (SSSR count). The maximum Gasteiger partial charge on any atom is 0.410 e. The molecule has 6 N–H and O–H groups in total. The molecule has 0 saturated heterocycles. The summed E-state index contributed by atoms with van der Waals surface area (Å²) in [5, 5.41) is 0. The Bertz CT molecular complexity index is 407. The van der Waals surface area contributed by atoms with Crippen molar-refractivity contribution in [3.8, 4) is 0 Å². The number of nitrogens with two attached hydrogens (primary N) is 3. The van der Waals surface area contributed by atoms with Crippen LogP contribution < -0.4 is 17.2 Å². The molecule has 0 saturated carbocycles. The van der Waals surface area contributed by atoms with E-state index in [4.69, 9.17) is 26.7 Å². The van der Waals surface area contributed by atoms with E-state index in [-0.39, 0.29) is 5.92 Å². The van der Waals surface area contributed by atoms with E-state index < -0.39 is 23.4 Å². The molecule has 0 aromatic heterocycles. The fourth-order valence-corrected chi connectivity index (χ4v) is 2.47. The minimum atomic E-state index is -0.826. The van der Waals surface area contributed by atoms with Crippen LogP contribution in [0.15, 0.2) is 0 Å². The van der Waals surface area contributed by atoms with E-state index in [1.165, 1.54) is 0 Å². The van der Waals surface area contributed by atoms with Crippen molar-refractivity contribution < 1.29 is 19.1 Å². The zero-order valence-electron chi connectivity index (χ0n) is 15.6. The summed E-state index contributed by atoms with van der Waals surface area (Å²) in [6.07, 6.45) is 0.00275. The van der Waals surface area contributed by atoms with E-state index in [2.05, 4.69) is 0 Å². The van der Waals surface area contributed by atoms with Gasteiger partial charge in [-0.2, -0.15) is 0 Å². The first-order valence-corrected chi connectivity index (χ1v) is 8.29. The smallest absolute Gasteiger partial charge is 0.410 e. The highest BCUT2D eigenvalue weighted by molar-refractivity contribution is 5.68. The van der Waals surface area contributed by atoms with Gasteiger partial charge in [-0.05, 0) is 54.0 Å². The molecule has 0 aromatic carbocycles. The molecular formula is C16H34N4O4. The molecule has 8 nitrogen and oxygen atoms in total. The lowest BCUT2D eigenvalue weighted by Crippen LogP contribution is -2.44. The fraction of sp³-hybridized carbons (Fsp3) is 0.875. The maximum absolute atomic E-state index is 12.3. The summed E-state index contributed by atoms with van der Waals surface area (Å²) >= 11 is 0. The van der Waals surface area contributed by atoms with Gasteiger partial charge in [0.25, 0.3) is 0 Å². The Balaban J connectivity index is 4.93. The molecule has 0 bridgehead atoms. The monoisotopic (exact) mass is 346 g/mol. The number of hydrogen-bond donors (Lipinski definition) is 3. The van der Waals surface area contributed by atoms with Gasteiger partial charge in [-0.1, -0.05) is 0 Å². The second-order valence-corrected chi connectivity index (χ2v) is 7.34. The molecule has 2 amide bonds. The van der Waals surface area contributed by atoms with Crippen molar-refractivity contribution in [2.75, 3.05) is 26.2 Å². The van der Waals surface area contributed by atoms with Gasteiger partial charge in [0.15, 0.2) is 0 Å². The molecule has 0 heterocycles. The third-order valence-corrected chi connectivity index (χ3v) is 3.66. The molecule has 1 atom stereocenters. The molecule has 8 heteroatoms.